The molecule has 1 spiro atoms. The van der Waals surface area contributed by atoms with Gasteiger partial charge in [0, 0.05) is 44.9 Å². The first-order chi connectivity index (χ1) is 12.2. The van der Waals surface area contributed by atoms with E-state index in [9.17, 15) is 4.79 Å². The summed E-state index contributed by atoms with van der Waals surface area (Å²) in [6.45, 7) is 4.71. The fourth-order valence-corrected chi connectivity index (χ4v) is 4.16. The summed E-state index contributed by atoms with van der Waals surface area (Å²) in [5.74, 6) is 2.48. The maximum absolute atomic E-state index is 12.5. The van der Waals surface area contributed by atoms with Crippen LogP contribution in [-0.4, -0.2) is 48.6 Å². The van der Waals surface area contributed by atoms with Gasteiger partial charge < -0.3 is 9.47 Å². The van der Waals surface area contributed by atoms with Crippen molar-refractivity contribution in [2.45, 2.75) is 52.0 Å². The van der Waals surface area contributed by atoms with Gasteiger partial charge in [-0.2, -0.15) is 0 Å². The predicted octanol–water partition coefficient (Wildman–Crippen LogP) is 1.89. The third-order valence-electron chi connectivity index (χ3n) is 5.83. The molecular weight excluding hydrogens is 316 g/mol. The van der Waals surface area contributed by atoms with E-state index in [0.29, 0.717) is 11.2 Å². The van der Waals surface area contributed by atoms with E-state index >= 15 is 0 Å². The van der Waals surface area contributed by atoms with Gasteiger partial charge in [-0.05, 0) is 37.2 Å². The van der Waals surface area contributed by atoms with Crippen molar-refractivity contribution in [1.29, 1.82) is 0 Å². The van der Waals surface area contributed by atoms with Crippen LogP contribution < -0.4 is 0 Å². The lowest BCUT2D eigenvalue weighted by Crippen LogP contribution is -2.44. The molecule has 2 aromatic heterocycles. The Kier molecular flexibility index (Phi) is 4.23. The van der Waals surface area contributed by atoms with Gasteiger partial charge in [0.15, 0.2) is 0 Å². The SMILES string of the molecule is CCc1nnc2n1CCC1(CC2)CCN(C(=O)c2ncccn2)CC1. The minimum atomic E-state index is -0.0468. The number of carbonyl (C=O) groups excluding carboxylic acids is 1. The Morgan fingerprint density at radius 3 is 2.52 bits per heavy atom. The monoisotopic (exact) mass is 340 g/mol. The van der Waals surface area contributed by atoms with E-state index < -0.39 is 0 Å². The van der Waals surface area contributed by atoms with Crippen LogP contribution in [0.4, 0.5) is 0 Å². The molecule has 4 heterocycles. The van der Waals surface area contributed by atoms with Crippen LogP contribution in [0.5, 0.6) is 0 Å². The Morgan fingerprint density at radius 1 is 1.08 bits per heavy atom. The van der Waals surface area contributed by atoms with Crippen LogP contribution in [0.1, 0.15) is 54.9 Å². The summed E-state index contributed by atoms with van der Waals surface area (Å²) in [5.41, 5.74) is 0.319. The van der Waals surface area contributed by atoms with Crippen molar-refractivity contribution in [1.82, 2.24) is 29.6 Å². The molecule has 7 heteroatoms. The molecule has 0 aromatic carbocycles. The molecular formula is C18H24N6O. The maximum Gasteiger partial charge on any atom is 0.291 e. The average molecular weight is 340 g/mol. The first-order valence-electron chi connectivity index (χ1n) is 9.18. The molecule has 0 bridgehead atoms. The molecule has 7 nitrogen and oxygen atoms in total. The van der Waals surface area contributed by atoms with Gasteiger partial charge in [-0.15, -0.1) is 10.2 Å². The molecule has 0 N–H and O–H groups in total. The number of carbonyl (C=O) groups is 1. The molecule has 2 aliphatic rings. The van der Waals surface area contributed by atoms with E-state index in [1.807, 2.05) is 4.90 Å². The standard InChI is InChI=1S/C18H24N6O/c1-2-14-21-22-15-4-5-18(8-13-24(14)15)6-11-23(12-7-18)17(25)16-19-9-3-10-20-16/h3,9-10H,2,4-8,11-13H2,1H3. The highest BCUT2D eigenvalue weighted by Gasteiger charge is 2.38. The molecule has 0 radical (unpaired) electrons. The van der Waals surface area contributed by atoms with Gasteiger partial charge in [-0.3, -0.25) is 4.79 Å². The lowest BCUT2D eigenvalue weighted by Gasteiger charge is -2.41. The summed E-state index contributed by atoms with van der Waals surface area (Å²) < 4.78 is 2.31. The Hall–Kier alpha value is -2.31. The van der Waals surface area contributed by atoms with Gasteiger partial charge in [0.1, 0.15) is 11.6 Å². The van der Waals surface area contributed by atoms with E-state index in [1.165, 1.54) is 0 Å². The van der Waals surface area contributed by atoms with Crippen LogP contribution in [0, 0.1) is 5.41 Å². The summed E-state index contributed by atoms with van der Waals surface area (Å²) in [5, 5.41) is 8.69. The van der Waals surface area contributed by atoms with Crippen LogP contribution in [-0.2, 0) is 19.4 Å². The van der Waals surface area contributed by atoms with E-state index in [1.54, 1.807) is 18.5 Å². The van der Waals surface area contributed by atoms with Gasteiger partial charge in [-0.1, -0.05) is 6.92 Å². The highest BCUT2D eigenvalue weighted by atomic mass is 16.2. The number of hydrogen-bond acceptors (Lipinski definition) is 5. The lowest BCUT2D eigenvalue weighted by atomic mass is 9.72. The normalized spacial score (nSPS) is 19.5. The number of likely N-dealkylation sites (tertiary alicyclic amines) is 1. The Balaban J connectivity index is 1.42. The van der Waals surface area contributed by atoms with Crippen LogP contribution in [0.3, 0.4) is 0 Å². The first-order valence-corrected chi connectivity index (χ1v) is 9.18. The molecule has 0 aliphatic carbocycles. The molecule has 1 fully saturated rings. The molecule has 4 rings (SSSR count). The van der Waals surface area contributed by atoms with Crippen molar-refractivity contribution in [2.75, 3.05) is 13.1 Å². The number of aromatic nitrogens is 5. The highest BCUT2D eigenvalue weighted by Crippen LogP contribution is 2.41. The Bertz CT molecular complexity index is 748. The summed E-state index contributed by atoms with van der Waals surface area (Å²) >= 11 is 0. The molecule has 1 amide bonds. The third-order valence-corrected chi connectivity index (χ3v) is 5.83. The number of aryl methyl sites for hydroxylation is 2. The van der Waals surface area contributed by atoms with E-state index in [0.717, 1.165) is 69.8 Å². The summed E-state index contributed by atoms with van der Waals surface area (Å²) in [6.07, 6.45) is 9.54. The fraction of sp³-hybridized carbons (Fsp3) is 0.611. The largest absolute Gasteiger partial charge is 0.336 e. The molecule has 1 saturated heterocycles. The van der Waals surface area contributed by atoms with Gasteiger partial charge in [0.05, 0.1) is 0 Å². The van der Waals surface area contributed by atoms with E-state index in [2.05, 4.69) is 31.7 Å². The summed E-state index contributed by atoms with van der Waals surface area (Å²) in [6, 6.07) is 1.73. The van der Waals surface area contributed by atoms with Crippen LogP contribution in [0.2, 0.25) is 0 Å². The van der Waals surface area contributed by atoms with Gasteiger partial charge >= 0.3 is 0 Å². The first kappa shape index (κ1) is 16.2. The minimum Gasteiger partial charge on any atom is -0.336 e. The van der Waals surface area contributed by atoms with Gasteiger partial charge in [0.2, 0.25) is 5.82 Å². The van der Waals surface area contributed by atoms with Crippen molar-refractivity contribution < 1.29 is 4.79 Å². The summed E-state index contributed by atoms with van der Waals surface area (Å²) in [7, 11) is 0. The second-order valence-corrected chi connectivity index (χ2v) is 7.15. The van der Waals surface area contributed by atoms with Crippen LogP contribution in [0.25, 0.3) is 0 Å². The lowest BCUT2D eigenvalue weighted by molar-refractivity contribution is 0.0524. The quantitative estimate of drug-likeness (QED) is 0.834. The molecule has 0 unspecified atom stereocenters. The van der Waals surface area contributed by atoms with E-state index in [-0.39, 0.29) is 5.91 Å². The second kappa shape index (κ2) is 6.54. The van der Waals surface area contributed by atoms with Crippen LogP contribution in [0.15, 0.2) is 18.5 Å². The number of fused-ring (bicyclic) bond motifs is 1. The Labute approximate surface area is 147 Å². The van der Waals surface area contributed by atoms with Gasteiger partial charge in [-0.25, -0.2) is 9.97 Å². The number of nitrogens with zero attached hydrogens (tertiary/aromatic N) is 6. The molecule has 25 heavy (non-hydrogen) atoms. The third kappa shape index (κ3) is 3.03. The Morgan fingerprint density at radius 2 is 1.80 bits per heavy atom. The van der Waals surface area contributed by atoms with Crippen LogP contribution >= 0.6 is 0 Å². The van der Waals surface area contributed by atoms with Crippen molar-refractivity contribution >= 4 is 5.91 Å². The van der Waals surface area contributed by atoms with Crippen molar-refractivity contribution in [3.05, 3.63) is 35.9 Å². The number of piperidine rings is 1. The highest BCUT2D eigenvalue weighted by molar-refractivity contribution is 5.90. The predicted molar refractivity (Wildman–Crippen MR) is 91.9 cm³/mol. The topological polar surface area (TPSA) is 76.8 Å². The number of hydrogen-bond donors (Lipinski definition) is 0. The minimum absolute atomic E-state index is 0.0468. The molecule has 2 aromatic rings. The van der Waals surface area contributed by atoms with Gasteiger partial charge in [0.25, 0.3) is 5.91 Å². The zero-order valence-corrected chi connectivity index (χ0v) is 14.7. The molecule has 0 atom stereocenters. The zero-order chi connectivity index (χ0) is 17.3. The number of amides is 1. The fourth-order valence-electron chi connectivity index (χ4n) is 4.16. The zero-order valence-electron chi connectivity index (χ0n) is 14.7. The van der Waals surface area contributed by atoms with E-state index in [4.69, 9.17) is 0 Å². The smallest absolute Gasteiger partial charge is 0.291 e. The molecule has 0 saturated carbocycles. The van der Waals surface area contributed by atoms with Crippen molar-refractivity contribution in [3.63, 3.8) is 0 Å². The maximum atomic E-state index is 12.5. The number of rotatable bonds is 2. The molecule has 2 aliphatic heterocycles. The summed E-state index contributed by atoms with van der Waals surface area (Å²) in [4.78, 5) is 22.6. The average Bonchev–Trinajstić information content (AvgIpc) is 2.99. The van der Waals surface area contributed by atoms with Crippen molar-refractivity contribution in [3.8, 4) is 0 Å². The second-order valence-electron chi connectivity index (χ2n) is 7.15. The van der Waals surface area contributed by atoms with Crippen molar-refractivity contribution in [2.24, 2.45) is 5.41 Å². The molecule has 132 valence electrons.